The van der Waals surface area contributed by atoms with Crippen LogP contribution in [0.5, 0.6) is 5.75 Å². The maximum absolute atomic E-state index is 12.7. The van der Waals surface area contributed by atoms with Gasteiger partial charge in [0.05, 0.1) is 6.61 Å². The number of alkyl halides is 4. The fourth-order valence-corrected chi connectivity index (χ4v) is 5.87. The number of halogens is 4. The summed E-state index contributed by atoms with van der Waals surface area (Å²) in [6.45, 7) is 1.55. The largest absolute Gasteiger partial charge is 0.508 e. The van der Waals surface area contributed by atoms with Crippen molar-refractivity contribution in [3.05, 3.63) is 65.7 Å². The predicted molar refractivity (Wildman–Crippen MR) is 151 cm³/mol. The van der Waals surface area contributed by atoms with Crippen molar-refractivity contribution in [1.29, 1.82) is 0 Å². The van der Waals surface area contributed by atoms with Crippen LogP contribution in [0.4, 0.5) is 17.6 Å². The molecular weight excluding hydrogens is 528 g/mol. The number of ether oxygens (including phenoxy) is 1. The Balaban J connectivity index is 1.36. The number of aryl methyl sites for hydroxylation is 2. The molecule has 0 aliphatic carbocycles. The van der Waals surface area contributed by atoms with E-state index < -0.39 is 29.9 Å². The quantitative estimate of drug-likeness (QED) is 0.131. The number of fused-ring (bicyclic) bond motifs is 1. The summed E-state index contributed by atoms with van der Waals surface area (Å²) < 4.78 is 65.3. The van der Waals surface area contributed by atoms with Crippen LogP contribution in [-0.4, -0.2) is 40.0 Å². The summed E-state index contributed by atoms with van der Waals surface area (Å²) in [7, 11) is -1.15. The van der Waals surface area contributed by atoms with Gasteiger partial charge in [0, 0.05) is 22.3 Å². The van der Waals surface area contributed by atoms with E-state index in [-0.39, 0.29) is 17.9 Å². The molecule has 3 aromatic rings. The summed E-state index contributed by atoms with van der Waals surface area (Å²) in [6, 6.07) is 18.4. The van der Waals surface area contributed by atoms with Crippen molar-refractivity contribution in [2.45, 2.75) is 77.2 Å². The highest BCUT2D eigenvalue weighted by molar-refractivity contribution is 7.84. The number of hydrogen-bond acceptors (Lipinski definition) is 3. The molecule has 0 aromatic heterocycles. The van der Waals surface area contributed by atoms with E-state index in [4.69, 9.17) is 0 Å². The van der Waals surface area contributed by atoms with E-state index in [1.165, 1.54) is 27.6 Å². The van der Waals surface area contributed by atoms with Gasteiger partial charge in [0.25, 0.3) is 0 Å². The number of rotatable bonds is 17. The average molecular weight is 567 g/mol. The summed E-state index contributed by atoms with van der Waals surface area (Å²) >= 11 is 0. The minimum atomic E-state index is -4.44. The molecule has 0 saturated heterocycles. The van der Waals surface area contributed by atoms with Gasteiger partial charge < -0.3 is 9.84 Å². The Kier molecular flexibility index (Phi) is 12.2. The predicted octanol–water partition coefficient (Wildman–Crippen LogP) is 8.81. The lowest BCUT2D eigenvalue weighted by molar-refractivity contribution is -0.300. The number of hydrogen-bond donors (Lipinski definition) is 1. The zero-order chi connectivity index (χ0) is 28.3. The first-order valence-electron chi connectivity index (χ1n) is 13.6. The highest BCUT2D eigenvalue weighted by Gasteiger charge is 2.41. The Bertz CT molecular complexity index is 1200. The van der Waals surface area contributed by atoms with Crippen molar-refractivity contribution in [2.24, 2.45) is 0 Å². The normalized spacial score (nSPS) is 12.9. The topological polar surface area (TPSA) is 46.5 Å². The van der Waals surface area contributed by atoms with E-state index >= 15 is 0 Å². The molecule has 0 heterocycles. The molecule has 1 unspecified atom stereocenters. The monoisotopic (exact) mass is 566 g/mol. The van der Waals surface area contributed by atoms with E-state index in [0.717, 1.165) is 56.8 Å². The molecule has 0 aliphatic rings. The lowest BCUT2D eigenvalue weighted by Gasteiger charge is -2.15. The first-order valence-corrected chi connectivity index (χ1v) is 15.1. The number of benzene rings is 3. The Morgan fingerprint density at radius 2 is 1.49 bits per heavy atom. The Morgan fingerprint density at radius 1 is 0.846 bits per heavy atom. The van der Waals surface area contributed by atoms with E-state index in [2.05, 4.69) is 48.1 Å². The smallest absolute Gasteiger partial charge is 0.416 e. The zero-order valence-corrected chi connectivity index (χ0v) is 23.3. The molecule has 3 nitrogen and oxygen atoms in total. The van der Waals surface area contributed by atoms with Gasteiger partial charge in [0.15, 0.2) is 0 Å². The van der Waals surface area contributed by atoms with Crippen LogP contribution >= 0.6 is 0 Å². The first kappa shape index (κ1) is 31.1. The standard InChI is InChI=1S/C31H38F4O3S/c1-23-11-13-24(14-12-23)27-17-15-25-22-26(36)16-18-28(25)29(27)10-7-5-3-2-4-6-8-20-39(37)21-9-19-38-31(34,35)30(32)33/h11-18,22,30,36H,2-10,19-21H2,1H3. The highest BCUT2D eigenvalue weighted by Crippen LogP contribution is 2.33. The number of phenolic OH excluding ortho intramolecular Hbond substituents is 1. The van der Waals surface area contributed by atoms with Crippen LogP contribution in [0.2, 0.25) is 0 Å². The average Bonchev–Trinajstić information content (AvgIpc) is 2.90. The van der Waals surface area contributed by atoms with E-state index in [1.54, 1.807) is 6.07 Å². The molecule has 0 spiro atoms. The molecule has 0 amide bonds. The molecule has 0 saturated carbocycles. The summed E-state index contributed by atoms with van der Waals surface area (Å²) in [6.07, 6.45) is -0.0938. The maximum Gasteiger partial charge on any atom is 0.416 e. The van der Waals surface area contributed by atoms with E-state index in [1.807, 2.05) is 12.1 Å². The fraction of sp³-hybridized carbons (Fsp3) is 0.484. The van der Waals surface area contributed by atoms with Gasteiger partial charge in [-0.15, -0.1) is 0 Å². The molecule has 39 heavy (non-hydrogen) atoms. The molecule has 0 fully saturated rings. The third kappa shape index (κ3) is 9.91. The summed E-state index contributed by atoms with van der Waals surface area (Å²) in [5.41, 5.74) is 4.96. The number of aromatic hydroxyl groups is 1. The molecule has 0 bridgehead atoms. The first-order chi connectivity index (χ1) is 18.7. The summed E-state index contributed by atoms with van der Waals surface area (Å²) in [5.74, 6) is 0.936. The van der Waals surface area contributed by atoms with Gasteiger partial charge in [-0.1, -0.05) is 80.1 Å². The second kappa shape index (κ2) is 15.4. The molecule has 0 radical (unpaired) electrons. The van der Waals surface area contributed by atoms with Crippen LogP contribution in [-0.2, 0) is 22.0 Å². The summed E-state index contributed by atoms with van der Waals surface area (Å²) in [4.78, 5) is 0. The molecule has 3 rings (SSSR count). The van der Waals surface area contributed by atoms with Gasteiger partial charge in [-0.2, -0.15) is 8.78 Å². The van der Waals surface area contributed by atoms with Crippen molar-refractivity contribution in [3.8, 4) is 16.9 Å². The van der Waals surface area contributed by atoms with Gasteiger partial charge in [-0.25, -0.2) is 8.78 Å². The van der Waals surface area contributed by atoms with Crippen LogP contribution < -0.4 is 0 Å². The van der Waals surface area contributed by atoms with Crippen LogP contribution in [0.1, 0.15) is 62.5 Å². The van der Waals surface area contributed by atoms with E-state index in [9.17, 15) is 26.9 Å². The van der Waals surface area contributed by atoms with Crippen molar-refractivity contribution < 1.29 is 31.6 Å². The second-order valence-electron chi connectivity index (χ2n) is 10.0. The second-order valence-corrected chi connectivity index (χ2v) is 11.7. The van der Waals surface area contributed by atoms with Gasteiger partial charge >= 0.3 is 12.5 Å². The van der Waals surface area contributed by atoms with Crippen LogP contribution in [0, 0.1) is 6.92 Å². The van der Waals surface area contributed by atoms with Crippen molar-refractivity contribution in [2.75, 3.05) is 18.1 Å². The van der Waals surface area contributed by atoms with Crippen LogP contribution in [0.25, 0.3) is 21.9 Å². The number of phenols is 1. The molecule has 214 valence electrons. The molecular formula is C31H38F4O3S. The van der Waals surface area contributed by atoms with Crippen molar-refractivity contribution >= 4 is 21.6 Å². The molecule has 8 heteroatoms. The maximum atomic E-state index is 12.7. The Labute approximate surface area is 231 Å². The Hall–Kier alpha value is -2.45. The highest BCUT2D eigenvalue weighted by atomic mass is 32.2. The van der Waals surface area contributed by atoms with Crippen LogP contribution in [0.3, 0.4) is 0 Å². The Morgan fingerprint density at radius 3 is 2.18 bits per heavy atom. The third-order valence-electron chi connectivity index (χ3n) is 6.84. The van der Waals surface area contributed by atoms with Crippen molar-refractivity contribution in [3.63, 3.8) is 0 Å². The van der Waals surface area contributed by atoms with Crippen molar-refractivity contribution in [1.82, 2.24) is 0 Å². The lowest BCUT2D eigenvalue weighted by Crippen LogP contribution is -2.30. The lowest BCUT2D eigenvalue weighted by atomic mass is 9.90. The van der Waals surface area contributed by atoms with Gasteiger partial charge in [0.1, 0.15) is 5.75 Å². The minimum absolute atomic E-state index is 0.0679. The fourth-order valence-electron chi connectivity index (χ4n) is 4.70. The summed E-state index contributed by atoms with van der Waals surface area (Å²) in [5, 5.41) is 12.1. The molecule has 3 aromatic carbocycles. The van der Waals surface area contributed by atoms with Gasteiger partial charge in [-0.05, 0) is 72.2 Å². The zero-order valence-electron chi connectivity index (χ0n) is 22.4. The SMILES string of the molecule is Cc1ccc(-c2ccc3cc(O)ccc3c2CCCCCCCCCS(=O)CCCOC(F)(F)C(F)F)cc1. The third-order valence-corrected chi connectivity index (χ3v) is 8.33. The van der Waals surface area contributed by atoms with Crippen LogP contribution in [0.15, 0.2) is 54.6 Å². The van der Waals surface area contributed by atoms with Gasteiger partial charge in [-0.3, -0.25) is 4.21 Å². The van der Waals surface area contributed by atoms with Gasteiger partial charge in [0.2, 0.25) is 0 Å². The molecule has 1 atom stereocenters. The molecule has 1 N–H and O–H groups in total. The van der Waals surface area contributed by atoms with E-state index in [0.29, 0.717) is 5.75 Å². The minimum Gasteiger partial charge on any atom is -0.508 e. The molecule has 0 aliphatic heterocycles. The number of unbranched alkanes of at least 4 members (excludes halogenated alkanes) is 6.